The first kappa shape index (κ1) is 12.1. The zero-order valence-electron chi connectivity index (χ0n) is 10.6. The molecule has 0 saturated heterocycles. The molecule has 2 N–H and O–H groups in total. The average Bonchev–Trinajstić information content (AvgIpc) is 2.81. The van der Waals surface area contributed by atoms with Gasteiger partial charge in [0.1, 0.15) is 5.69 Å². The van der Waals surface area contributed by atoms with Gasteiger partial charge < -0.3 is 9.88 Å². The third-order valence-corrected chi connectivity index (χ3v) is 2.90. The second kappa shape index (κ2) is 4.61. The number of anilines is 1. The molecule has 0 atom stereocenters. The molecule has 0 aliphatic rings. The Labute approximate surface area is 113 Å². The summed E-state index contributed by atoms with van der Waals surface area (Å²) in [4.78, 5) is 27.1. The zero-order valence-corrected chi connectivity index (χ0v) is 10.6. The number of H-pyrrole nitrogens is 1. The Balaban J connectivity index is 1.87. The number of benzene rings is 1. The average molecular weight is 269 g/mol. The van der Waals surface area contributed by atoms with Crippen LogP contribution in [-0.4, -0.2) is 25.7 Å². The molecule has 1 amide bonds. The summed E-state index contributed by atoms with van der Waals surface area (Å²) < 4.78 is 1.89. The van der Waals surface area contributed by atoms with Gasteiger partial charge in [-0.05, 0) is 24.3 Å². The molecule has 2 heterocycles. The van der Waals surface area contributed by atoms with Crippen LogP contribution in [0.25, 0.3) is 11.0 Å². The summed E-state index contributed by atoms with van der Waals surface area (Å²) in [5, 5.41) is 8.60. The van der Waals surface area contributed by atoms with Crippen LogP contribution in [0.15, 0.2) is 41.5 Å². The van der Waals surface area contributed by atoms with Crippen molar-refractivity contribution in [1.82, 2.24) is 19.7 Å². The topological polar surface area (TPSA) is 92.7 Å². The molecule has 0 aliphatic heterocycles. The van der Waals surface area contributed by atoms with Crippen molar-refractivity contribution in [2.45, 2.75) is 0 Å². The molecule has 0 unspecified atom stereocenters. The van der Waals surface area contributed by atoms with E-state index in [9.17, 15) is 9.59 Å². The van der Waals surface area contributed by atoms with Crippen molar-refractivity contribution in [3.8, 4) is 0 Å². The van der Waals surface area contributed by atoms with E-state index < -0.39 is 5.91 Å². The molecule has 7 heteroatoms. The molecule has 0 spiro atoms. The molecule has 20 heavy (non-hydrogen) atoms. The van der Waals surface area contributed by atoms with Gasteiger partial charge in [-0.1, -0.05) is 0 Å². The molecular formula is C13H11N5O2. The predicted molar refractivity (Wildman–Crippen MR) is 73.5 cm³/mol. The number of hydrogen-bond donors (Lipinski definition) is 2. The molecular weight excluding hydrogens is 258 g/mol. The number of carbonyl (C=O) groups excluding carboxylic acids is 1. The summed E-state index contributed by atoms with van der Waals surface area (Å²) in [6.07, 6.45) is 1.71. The summed E-state index contributed by atoms with van der Waals surface area (Å²) in [7, 11) is 1.90. The molecule has 100 valence electrons. The van der Waals surface area contributed by atoms with Gasteiger partial charge in [0.05, 0.1) is 17.4 Å². The lowest BCUT2D eigenvalue weighted by Crippen LogP contribution is -2.17. The number of amides is 1. The molecule has 7 nitrogen and oxygen atoms in total. The maximum atomic E-state index is 11.9. The van der Waals surface area contributed by atoms with Gasteiger partial charge in [0.2, 0.25) is 0 Å². The van der Waals surface area contributed by atoms with E-state index in [0.717, 1.165) is 11.0 Å². The lowest BCUT2D eigenvalue weighted by atomic mass is 10.2. The van der Waals surface area contributed by atoms with Crippen LogP contribution in [0, 0.1) is 0 Å². The maximum absolute atomic E-state index is 11.9. The molecule has 0 bridgehead atoms. The van der Waals surface area contributed by atoms with Crippen LogP contribution >= 0.6 is 0 Å². The Morgan fingerprint density at radius 1 is 1.30 bits per heavy atom. The summed E-state index contributed by atoms with van der Waals surface area (Å²) in [6, 6.07) is 8.06. The molecule has 0 radical (unpaired) electrons. The minimum absolute atomic E-state index is 0.144. The van der Waals surface area contributed by atoms with Crippen LogP contribution in [-0.2, 0) is 7.05 Å². The molecule has 0 fully saturated rings. The van der Waals surface area contributed by atoms with Crippen LogP contribution < -0.4 is 10.9 Å². The lowest BCUT2D eigenvalue weighted by molar-refractivity contribution is 0.102. The highest BCUT2D eigenvalue weighted by Crippen LogP contribution is 2.17. The second-order valence-electron chi connectivity index (χ2n) is 4.32. The molecule has 0 aliphatic carbocycles. The fourth-order valence-electron chi connectivity index (χ4n) is 1.88. The smallest absolute Gasteiger partial charge is 0.276 e. The van der Waals surface area contributed by atoms with Crippen molar-refractivity contribution >= 4 is 22.6 Å². The summed E-state index contributed by atoms with van der Waals surface area (Å²) in [6.45, 7) is 0. The van der Waals surface area contributed by atoms with E-state index >= 15 is 0 Å². The van der Waals surface area contributed by atoms with Crippen molar-refractivity contribution in [3.63, 3.8) is 0 Å². The van der Waals surface area contributed by atoms with Crippen molar-refractivity contribution < 1.29 is 4.79 Å². The molecule has 2 aromatic heterocycles. The highest BCUT2D eigenvalue weighted by atomic mass is 16.2. The number of aryl methyl sites for hydroxylation is 1. The number of hydrogen-bond acceptors (Lipinski definition) is 4. The van der Waals surface area contributed by atoms with Crippen LogP contribution in [0.5, 0.6) is 0 Å². The van der Waals surface area contributed by atoms with Gasteiger partial charge in [0, 0.05) is 18.8 Å². The molecule has 0 saturated carbocycles. The maximum Gasteiger partial charge on any atom is 0.276 e. The summed E-state index contributed by atoms with van der Waals surface area (Å²) >= 11 is 0. The van der Waals surface area contributed by atoms with E-state index in [1.165, 1.54) is 12.1 Å². The predicted octanol–water partition coefficient (Wildman–Crippen LogP) is 0.909. The van der Waals surface area contributed by atoms with Crippen molar-refractivity contribution in [1.29, 1.82) is 0 Å². The van der Waals surface area contributed by atoms with E-state index in [1.54, 1.807) is 18.5 Å². The molecule has 3 aromatic rings. The van der Waals surface area contributed by atoms with Crippen LogP contribution in [0.1, 0.15) is 10.5 Å². The first-order chi connectivity index (χ1) is 9.63. The monoisotopic (exact) mass is 269 g/mol. The highest BCUT2D eigenvalue weighted by Gasteiger charge is 2.09. The first-order valence-electron chi connectivity index (χ1n) is 5.92. The number of carbonyl (C=O) groups is 1. The van der Waals surface area contributed by atoms with E-state index in [2.05, 4.69) is 20.5 Å². The van der Waals surface area contributed by atoms with Crippen molar-refractivity contribution in [3.05, 3.63) is 52.7 Å². The van der Waals surface area contributed by atoms with Gasteiger partial charge in [-0.15, -0.1) is 0 Å². The fraction of sp³-hybridized carbons (Fsp3) is 0.0769. The molecule has 1 aromatic carbocycles. The third-order valence-electron chi connectivity index (χ3n) is 2.90. The Morgan fingerprint density at radius 3 is 2.90 bits per heavy atom. The van der Waals surface area contributed by atoms with Crippen LogP contribution in [0.4, 0.5) is 5.69 Å². The van der Waals surface area contributed by atoms with Crippen molar-refractivity contribution in [2.24, 2.45) is 7.05 Å². The Kier molecular flexibility index (Phi) is 2.79. The fourth-order valence-corrected chi connectivity index (χ4v) is 1.88. The standard InChI is InChI=1S/C13H11N5O2/c1-18-7-14-10-6-8(2-4-11(10)18)15-13(20)9-3-5-12(19)17-16-9/h2-7H,1H3,(H,15,20)(H,17,19). The second-order valence-corrected chi connectivity index (χ2v) is 4.32. The van der Waals surface area contributed by atoms with Crippen LogP contribution in [0.3, 0.4) is 0 Å². The number of aromatic amines is 1. The van der Waals surface area contributed by atoms with Gasteiger partial charge in [-0.2, -0.15) is 5.10 Å². The number of nitrogens with one attached hydrogen (secondary N) is 2. The lowest BCUT2D eigenvalue weighted by Gasteiger charge is -2.04. The summed E-state index contributed by atoms with van der Waals surface area (Å²) in [5.74, 6) is -0.392. The van der Waals surface area contributed by atoms with Crippen LogP contribution in [0.2, 0.25) is 0 Å². The number of nitrogens with zero attached hydrogens (tertiary/aromatic N) is 3. The van der Waals surface area contributed by atoms with Crippen molar-refractivity contribution in [2.75, 3.05) is 5.32 Å². The number of aromatic nitrogens is 4. The van der Waals surface area contributed by atoms with E-state index in [-0.39, 0.29) is 11.3 Å². The Hall–Kier alpha value is -2.96. The highest BCUT2D eigenvalue weighted by molar-refractivity contribution is 6.03. The first-order valence-corrected chi connectivity index (χ1v) is 5.92. The zero-order chi connectivity index (χ0) is 14.1. The number of fused-ring (bicyclic) bond motifs is 1. The van der Waals surface area contributed by atoms with E-state index in [4.69, 9.17) is 0 Å². The quantitative estimate of drug-likeness (QED) is 0.723. The van der Waals surface area contributed by atoms with E-state index in [1.807, 2.05) is 17.7 Å². The third kappa shape index (κ3) is 2.16. The Bertz CT molecular complexity index is 829. The van der Waals surface area contributed by atoms with Gasteiger partial charge in [-0.3, -0.25) is 9.59 Å². The number of rotatable bonds is 2. The largest absolute Gasteiger partial charge is 0.334 e. The minimum atomic E-state index is -0.392. The van der Waals surface area contributed by atoms with Gasteiger partial charge in [0.15, 0.2) is 0 Å². The molecule has 3 rings (SSSR count). The van der Waals surface area contributed by atoms with E-state index in [0.29, 0.717) is 5.69 Å². The SMILES string of the molecule is Cn1cnc2cc(NC(=O)c3ccc(=O)[nH]n3)ccc21. The van der Waals surface area contributed by atoms with Gasteiger partial charge in [-0.25, -0.2) is 10.1 Å². The minimum Gasteiger partial charge on any atom is -0.334 e. The normalized spacial score (nSPS) is 10.7. The number of imidazole rings is 1. The van der Waals surface area contributed by atoms with Gasteiger partial charge in [0.25, 0.3) is 11.5 Å². The van der Waals surface area contributed by atoms with Gasteiger partial charge >= 0.3 is 0 Å². The summed E-state index contributed by atoms with van der Waals surface area (Å²) in [5.41, 5.74) is 2.18. The Morgan fingerprint density at radius 2 is 2.15 bits per heavy atom.